The highest BCUT2D eigenvalue weighted by atomic mass is 16.7. The Kier molecular flexibility index (Phi) is 1.75. The summed E-state index contributed by atoms with van der Waals surface area (Å²) in [6, 6.07) is 0. The van der Waals surface area contributed by atoms with Crippen LogP contribution in [0.1, 0.15) is 40.0 Å². The van der Waals surface area contributed by atoms with Gasteiger partial charge < -0.3 is 0 Å². The second-order valence-corrected chi connectivity index (χ2v) is 5.28. The van der Waals surface area contributed by atoms with Crippen LogP contribution in [0.15, 0.2) is 5.10 Å². The van der Waals surface area contributed by atoms with Gasteiger partial charge in [-0.1, -0.05) is 20.8 Å². The van der Waals surface area contributed by atoms with Gasteiger partial charge in [0.1, 0.15) is 0 Å². The number of nitro groups is 1. The molecule has 4 heteroatoms. The molecule has 0 spiro atoms. The van der Waals surface area contributed by atoms with Crippen molar-refractivity contribution in [1.82, 2.24) is 0 Å². The SMILES string of the molecule is CC12CCC(CC1=N[N+](=O)[O-])C2(C)C. The molecule has 0 saturated heterocycles. The number of hydrogen-bond donors (Lipinski definition) is 0. The second-order valence-electron chi connectivity index (χ2n) is 5.28. The highest BCUT2D eigenvalue weighted by Gasteiger charge is 2.61. The van der Waals surface area contributed by atoms with Crippen LogP contribution in [-0.4, -0.2) is 10.7 Å². The van der Waals surface area contributed by atoms with Crippen molar-refractivity contribution in [2.75, 3.05) is 0 Å². The van der Waals surface area contributed by atoms with Crippen molar-refractivity contribution in [2.24, 2.45) is 21.8 Å². The highest BCUT2D eigenvalue weighted by Crippen LogP contribution is 2.63. The van der Waals surface area contributed by atoms with Crippen molar-refractivity contribution < 1.29 is 5.03 Å². The Hall–Kier alpha value is -0.930. The Bertz CT molecular complexity index is 322. The van der Waals surface area contributed by atoms with E-state index >= 15 is 0 Å². The molecule has 2 aliphatic rings. The van der Waals surface area contributed by atoms with Gasteiger partial charge in [0.25, 0.3) is 0 Å². The van der Waals surface area contributed by atoms with E-state index in [1.165, 1.54) is 6.42 Å². The van der Waals surface area contributed by atoms with E-state index in [-0.39, 0.29) is 10.8 Å². The van der Waals surface area contributed by atoms with Gasteiger partial charge in [-0.2, -0.15) is 0 Å². The molecule has 2 unspecified atom stereocenters. The molecule has 78 valence electrons. The first-order valence-electron chi connectivity index (χ1n) is 5.10. The lowest BCUT2D eigenvalue weighted by Crippen LogP contribution is -2.32. The number of hydrazone groups is 1. The molecular weight excluding hydrogens is 180 g/mol. The predicted octanol–water partition coefficient (Wildman–Crippen LogP) is 2.47. The molecule has 0 amide bonds. The van der Waals surface area contributed by atoms with E-state index in [9.17, 15) is 10.1 Å². The van der Waals surface area contributed by atoms with Crippen molar-refractivity contribution in [1.29, 1.82) is 0 Å². The first-order chi connectivity index (χ1) is 6.38. The van der Waals surface area contributed by atoms with E-state index in [0.717, 1.165) is 18.6 Å². The van der Waals surface area contributed by atoms with Crippen molar-refractivity contribution in [3.05, 3.63) is 10.1 Å². The first kappa shape index (κ1) is 9.62. The number of hydrogen-bond acceptors (Lipinski definition) is 2. The zero-order valence-electron chi connectivity index (χ0n) is 8.91. The fourth-order valence-corrected chi connectivity index (χ4v) is 3.18. The van der Waals surface area contributed by atoms with Gasteiger partial charge >= 0.3 is 0 Å². The van der Waals surface area contributed by atoms with Gasteiger partial charge in [-0.3, -0.25) is 0 Å². The Balaban J connectivity index is 2.41. The normalized spacial score (nSPS) is 41.9. The lowest BCUT2D eigenvalue weighted by molar-refractivity contribution is -0.485. The standard InChI is InChI=1S/C10H16N2O2/c1-9(2)7-4-5-10(9,3)8(6-7)11-12(13)14/h7H,4-6H2,1-3H3. The lowest BCUT2D eigenvalue weighted by Gasteiger charge is -2.33. The molecular formula is C10H16N2O2. The molecule has 0 aliphatic heterocycles. The Morgan fingerprint density at radius 1 is 1.50 bits per heavy atom. The minimum absolute atomic E-state index is 0.0370. The molecule has 2 saturated carbocycles. The Morgan fingerprint density at radius 3 is 2.50 bits per heavy atom. The van der Waals surface area contributed by atoms with Gasteiger partial charge in [0, 0.05) is 5.41 Å². The van der Waals surface area contributed by atoms with E-state index < -0.39 is 5.03 Å². The summed E-state index contributed by atoms with van der Waals surface area (Å²) < 4.78 is 0. The maximum Gasteiger partial charge on any atom is 0.190 e. The van der Waals surface area contributed by atoms with Crippen LogP contribution in [0, 0.1) is 26.9 Å². The minimum atomic E-state index is -0.544. The summed E-state index contributed by atoms with van der Waals surface area (Å²) >= 11 is 0. The summed E-state index contributed by atoms with van der Waals surface area (Å²) in [4.78, 5) is 10.4. The minimum Gasteiger partial charge on any atom is -0.233 e. The molecule has 0 radical (unpaired) electrons. The lowest BCUT2D eigenvalue weighted by atomic mass is 9.70. The molecule has 2 atom stereocenters. The molecule has 4 nitrogen and oxygen atoms in total. The molecule has 0 heterocycles. The number of nitrogens with zero attached hydrogens (tertiary/aromatic N) is 2. The molecule has 0 N–H and O–H groups in total. The summed E-state index contributed by atoms with van der Waals surface area (Å²) in [5, 5.41) is 13.4. The average Bonchev–Trinajstić information content (AvgIpc) is 2.35. The quantitative estimate of drug-likeness (QED) is 0.478. The second kappa shape index (κ2) is 2.55. The number of rotatable bonds is 1. The van der Waals surface area contributed by atoms with Crippen LogP contribution in [0.2, 0.25) is 0 Å². The van der Waals surface area contributed by atoms with Gasteiger partial charge in [0.2, 0.25) is 0 Å². The van der Waals surface area contributed by atoms with Crippen LogP contribution in [0.3, 0.4) is 0 Å². The predicted molar refractivity (Wildman–Crippen MR) is 53.7 cm³/mol. The fourth-order valence-electron chi connectivity index (χ4n) is 3.18. The molecule has 2 rings (SSSR count). The van der Waals surface area contributed by atoms with Crippen LogP contribution in [-0.2, 0) is 0 Å². The topological polar surface area (TPSA) is 55.5 Å². The summed E-state index contributed by atoms with van der Waals surface area (Å²) in [6.45, 7) is 6.56. The van der Waals surface area contributed by atoms with Crippen LogP contribution in [0.5, 0.6) is 0 Å². The van der Waals surface area contributed by atoms with Crippen molar-refractivity contribution >= 4 is 5.71 Å². The maximum atomic E-state index is 10.4. The third-order valence-electron chi connectivity index (χ3n) is 4.71. The van der Waals surface area contributed by atoms with Crippen LogP contribution in [0.25, 0.3) is 0 Å². The van der Waals surface area contributed by atoms with Crippen LogP contribution < -0.4 is 0 Å². The number of fused-ring (bicyclic) bond motifs is 2. The molecule has 0 aromatic carbocycles. The van der Waals surface area contributed by atoms with Gasteiger partial charge in [0.15, 0.2) is 5.03 Å². The summed E-state index contributed by atoms with van der Waals surface area (Å²) in [5.74, 6) is 0.589. The largest absolute Gasteiger partial charge is 0.233 e. The zero-order chi connectivity index (χ0) is 10.6. The van der Waals surface area contributed by atoms with E-state index in [1.807, 2.05) is 0 Å². The van der Waals surface area contributed by atoms with Crippen LogP contribution in [0.4, 0.5) is 0 Å². The Morgan fingerprint density at radius 2 is 2.14 bits per heavy atom. The Labute approximate surface area is 83.5 Å². The molecule has 2 bridgehead atoms. The highest BCUT2D eigenvalue weighted by molar-refractivity contribution is 5.93. The van der Waals surface area contributed by atoms with Crippen LogP contribution >= 0.6 is 0 Å². The van der Waals surface area contributed by atoms with Crippen molar-refractivity contribution in [3.63, 3.8) is 0 Å². The molecule has 0 aromatic heterocycles. The molecule has 2 fully saturated rings. The monoisotopic (exact) mass is 196 g/mol. The van der Waals surface area contributed by atoms with Crippen molar-refractivity contribution in [2.45, 2.75) is 40.0 Å². The van der Waals surface area contributed by atoms with E-state index in [2.05, 4.69) is 25.9 Å². The molecule has 14 heavy (non-hydrogen) atoms. The maximum absolute atomic E-state index is 10.4. The van der Waals surface area contributed by atoms with Crippen molar-refractivity contribution in [3.8, 4) is 0 Å². The average molecular weight is 196 g/mol. The van der Waals surface area contributed by atoms with Gasteiger partial charge in [-0.15, -0.1) is 0 Å². The third-order valence-corrected chi connectivity index (χ3v) is 4.71. The smallest absolute Gasteiger partial charge is 0.190 e. The fraction of sp³-hybridized carbons (Fsp3) is 0.900. The van der Waals surface area contributed by atoms with Gasteiger partial charge in [-0.25, -0.2) is 10.1 Å². The van der Waals surface area contributed by atoms with E-state index in [4.69, 9.17) is 0 Å². The summed E-state index contributed by atoms with van der Waals surface area (Å²) in [5.41, 5.74) is 0.954. The zero-order valence-corrected chi connectivity index (χ0v) is 8.91. The van der Waals surface area contributed by atoms with Gasteiger partial charge in [-0.05, 0) is 30.6 Å². The summed E-state index contributed by atoms with van der Waals surface area (Å²) in [7, 11) is 0. The summed E-state index contributed by atoms with van der Waals surface area (Å²) in [6.07, 6.45) is 3.07. The molecule has 0 aromatic rings. The van der Waals surface area contributed by atoms with E-state index in [0.29, 0.717) is 5.92 Å². The van der Waals surface area contributed by atoms with Gasteiger partial charge in [0.05, 0.1) is 10.8 Å². The third kappa shape index (κ3) is 0.967. The molecule has 2 aliphatic carbocycles. The first-order valence-corrected chi connectivity index (χ1v) is 5.10. The van der Waals surface area contributed by atoms with E-state index in [1.54, 1.807) is 0 Å².